The number of anilines is 2. The largest absolute Gasteiger partial charge is 0.382 e. The number of aromatic nitrogens is 3. The molecule has 1 fully saturated rings. The fourth-order valence-corrected chi connectivity index (χ4v) is 4.39. The molecule has 1 aliphatic rings. The van der Waals surface area contributed by atoms with Crippen LogP contribution in [0.4, 0.5) is 11.5 Å². The highest BCUT2D eigenvalue weighted by molar-refractivity contribution is 6.07. The van der Waals surface area contributed by atoms with Crippen LogP contribution in [0.3, 0.4) is 0 Å². The van der Waals surface area contributed by atoms with E-state index in [0.29, 0.717) is 25.1 Å². The van der Waals surface area contributed by atoms with Crippen LogP contribution in [0.25, 0.3) is 21.9 Å². The first-order chi connectivity index (χ1) is 15.0. The van der Waals surface area contributed by atoms with Gasteiger partial charge in [0.1, 0.15) is 17.9 Å². The normalized spacial score (nSPS) is 15.1. The van der Waals surface area contributed by atoms with E-state index in [2.05, 4.69) is 40.0 Å². The van der Waals surface area contributed by atoms with Crippen molar-refractivity contribution in [2.24, 2.45) is 0 Å². The molecule has 1 saturated heterocycles. The summed E-state index contributed by atoms with van der Waals surface area (Å²) in [6, 6.07) is 6.61. The second kappa shape index (κ2) is 9.09. The summed E-state index contributed by atoms with van der Waals surface area (Å²) in [4.78, 5) is 22.9. The lowest BCUT2D eigenvalue weighted by molar-refractivity contribution is -0.129. The summed E-state index contributed by atoms with van der Waals surface area (Å²) in [7, 11) is 0. The third-order valence-electron chi connectivity index (χ3n) is 5.98. The van der Waals surface area contributed by atoms with Crippen LogP contribution < -0.4 is 11.1 Å². The van der Waals surface area contributed by atoms with Crippen LogP contribution in [0.2, 0.25) is 0 Å². The monoisotopic (exact) mass is 424 g/mol. The first-order valence-corrected chi connectivity index (χ1v) is 11.2. The number of pyridine rings is 1. The lowest BCUT2D eigenvalue weighted by atomic mass is 10.0. The molecule has 1 aliphatic heterocycles. The number of nitrogens with two attached hydrogens (primary N) is 1. The minimum Gasteiger partial charge on any atom is -0.382 e. The Labute approximate surface area is 182 Å². The molecule has 0 radical (unpaired) electrons. The molecule has 8 heteroatoms. The number of piperidine rings is 1. The minimum atomic E-state index is 0.153. The fraction of sp³-hybridized carbons (Fsp3) is 0.522. The Balaban J connectivity index is 1.66. The van der Waals surface area contributed by atoms with Crippen LogP contribution in [0.5, 0.6) is 0 Å². The average Bonchev–Trinajstić information content (AvgIpc) is 3.12. The number of aryl methyl sites for hydroxylation is 1. The number of hydrogen-bond donors (Lipinski definition) is 2. The van der Waals surface area contributed by atoms with Gasteiger partial charge in [-0.15, -0.1) is 0 Å². The van der Waals surface area contributed by atoms with E-state index in [4.69, 9.17) is 15.5 Å². The van der Waals surface area contributed by atoms with Crippen LogP contribution in [0, 0.1) is 0 Å². The number of benzene rings is 1. The number of rotatable bonds is 7. The van der Waals surface area contributed by atoms with Crippen LogP contribution in [-0.4, -0.2) is 51.1 Å². The molecule has 3 aromatic rings. The summed E-state index contributed by atoms with van der Waals surface area (Å²) in [6.07, 6.45) is 2.87. The van der Waals surface area contributed by atoms with Gasteiger partial charge < -0.3 is 25.3 Å². The SMILES string of the molecule is CCCn1c(COCC)nc2c(N)nc3cc(NC4CCN(C(C)=O)CC4)ccc3c21. The summed E-state index contributed by atoms with van der Waals surface area (Å²) >= 11 is 0. The number of nitrogens with zero attached hydrogens (tertiary/aromatic N) is 4. The molecule has 0 bridgehead atoms. The van der Waals surface area contributed by atoms with Crippen molar-refractivity contribution in [1.82, 2.24) is 19.4 Å². The van der Waals surface area contributed by atoms with E-state index < -0.39 is 0 Å². The number of amides is 1. The number of imidazole rings is 1. The number of nitrogen functional groups attached to an aromatic ring is 1. The molecule has 0 unspecified atom stereocenters. The number of likely N-dealkylation sites (tertiary alicyclic amines) is 1. The molecule has 0 spiro atoms. The van der Waals surface area contributed by atoms with Gasteiger partial charge >= 0.3 is 0 Å². The molecular weight excluding hydrogens is 392 g/mol. The second-order valence-corrected chi connectivity index (χ2v) is 8.17. The molecule has 3 heterocycles. The smallest absolute Gasteiger partial charge is 0.219 e. The summed E-state index contributed by atoms with van der Waals surface area (Å²) in [5.41, 5.74) is 9.98. The quantitative estimate of drug-likeness (QED) is 0.602. The number of fused-ring (bicyclic) bond motifs is 3. The summed E-state index contributed by atoms with van der Waals surface area (Å²) in [5, 5.41) is 4.66. The van der Waals surface area contributed by atoms with Gasteiger partial charge in [0.25, 0.3) is 0 Å². The van der Waals surface area contributed by atoms with E-state index >= 15 is 0 Å². The predicted octanol–water partition coefficient (Wildman–Crippen LogP) is 3.54. The number of nitrogens with one attached hydrogen (secondary N) is 1. The van der Waals surface area contributed by atoms with Crippen LogP contribution in [0.15, 0.2) is 18.2 Å². The Kier molecular flexibility index (Phi) is 6.27. The van der Waals surface area contributed by atoms with Gasteiger partial charge in [0.2, 0.25) is 5.91 Å². The number of carbonyl (C=O) groups excluding carboxylic acids is 1. The van der Waals surface area contributed by atoms with Crippen molar-refractivity contribution in [2.45, 2.75) is 59.2 Å². The molecule has 166 valence electrons. The maximum absolute atomic E-state index is 11.6. The summed E-state index contributed by atoms with van der Waals surface area (Å²) < 4.78 is 7.85. The zero-order valence-corrected chi connectivity index (χ0v) is 18.6. The maximum atomic E-state index is 11.6. The predicted molar refractivity (Wildman–Crippen MR) is 124 cm³/mol. The van der Waals surface area contributed by atoms with E-state index in [9.17, 15) is 4.79 Å². The van der Waals surface area contributed by atoms with E-state index in [1.807, 2.05) is 11.8 Å². The van der Waals surface area contributed by atoms with Crippen LogP contribution >= 0.6 is 0 Å². The third kappa shape index (κ3) is 4.30. The molecule has 4 rings (SSSR count). The molecular formula is C23H32N6O2. The van der Waals surface area contributed by atoms with Crippen LogP contribution in [0.1, 0.15) is 45.9 Å². The zero-order chi connectivity index (χ0) is 22.0. The number of hydrogen-bond acceptors (Lipinski definition) is 6. The Hall–Kier alpha value is -2.87. The first-order valence-electron chi connectivity index (χ1n) is 11.2. The van der Waals surface area contributed by atoms with Gasteiger partial charge in [0, 0.05) is 50.3 Å². The number of ether oxygens (including phenoxy) is 1. The van der Waals surface area contributed by atoms with Gasteiger partial charge in [-0.25, -0.2) is 9.97 Å². The molecule has 3 N–H and O–H groups in total. The maximum Gasteiger partial charge on any atom is 0.219 e. The highest BCUT2D eigenvalue weighted by Crippen LogP contribution is 2.31. The van der Waals surface area contributed by atoms with Crippen molar-refractivity contribution < 1.29 is 9.53 Å². The minimum absolute atomic E-state index is 0.153. The fourth-order valence-electron chi connectivity index (χ4n) is 4.39. The zero-order valence-electron chi connectivity index (χ0n) is 18.6. The van der Waals surface area contributed by atoms with Crippen molar-refractivity contribution in [3.63, 3.8) is 0 Å². The molecule has 2 aromatic heterocycles. The highest BCUT2D eigenvalue weighted by atomic mass is 16.5. The first kappa shape index (κ1) is 21.4. The van der Waals surface area contributed by atoms with E-state index in [1.54, 1.807) is 6.92 Å². The average molecular weight is 425 g/mol. The van der Waals surface area contributed by atoms with Gasteiger partial charge in [-0.05, 0) is 44.4 Å². The molecule has 8 nitrogen and oxygen atoms in total. The Bertz CT molecular complexity index is 1080. The van der Waals surface area contributed by atoms with Gasteiger partial charge in [-0.2, -0.15) is 0 Å². The second-order valence-electron chi connectivity index (χ2n) is 8.17. The number of carbonyl (C=O) groups is 1. The molecule has 0 saturated carbocycles. The van der Waals surface area contributed by atoms with Gasteiger partial charge in [0.05, 0.1) is 11.0 Å². The van der Waals surface area contributed by atoms with Crippen molar-refractivity contribution in [2.75, 3.05) is 30.7 Å². The molecule has 31 heavy (non-hydrogen) atoms. The van der Waals surface area contributed by atoms with Gasteiger partial charge in [0.15, 0.2) is 5.82 Å². The lowest BCUT2D eigenvalue weighted by Gasteiger charge is -2.32. The van der Waals surface area contributed by atoms with Crippen LogP contribution in [-0.2, 0) is 22.7 Å². The Morgan fingerprint density at radius 2 is 2.03 bits per heavy atom. The highest BCUT2D eigenvalue weighted by Gasteiger charge is 2.21. The Morgan fingerprint density at radius 3 is 2.71 bits per heavy atom. The van der Waals surface area contributed by atoms with Gasteiger partial charge in [-0.3, -0.25) is 4.79 Å². The molecule has 0 atom stereocenters. The van der Waals surface area contributed by atoms with E-state index in [1.165, 1.54) is 0 Å². The van der Waals surface area contributed by atoms with E-state index in [-0.39, 0.29) is 5.91 Å². The Morgan fingerprint density at radius 1 is 1.26 bits per heavy atom. The standard InChI is InChI=1S/C23H32N6O2/c1-4-10-29-20(14-31-5-2)27-21-22(29)18-7-6-17(13-19(18)26-23(21)24)25-16-8-11-28(12-9-16)15(3)30/h6-7,13,16,25H,4-5,8-12,14H2,1-3H3,(H2,24,26). The molecule has 0 aliphatic carbocycles. The van der Waals surface area contributed by atoms with Crippen molar-refractivity contribution in [3.8, 4) is 0 Å². The van der Waals surface area contributed by atoms with E-state index in [0.717, 1.165) is 72.3 Å². The van der Waals surface area contributed by atoms with Crippen molar-refractivity contribution >= 4 is 39.3 Å². The van der Waals surface area contributed by atoms with Crippen molar-refractivity contribution in [1.29, 1.82) is 0 Å². The topological polar surface area (TPSA) is 98.3 Å². The van der Waals surface area contributed by atoms with Gasteiger partial charge in [-0.1, -0.05) is 6.92 Å². The van der Waals surface area contributed by atoms with Crippen molar-refractivity contribution in [3.05, 3.63) is 24.0 Å². The molecule has 1 aromatic carbocycles. The molecule has 1 amide bonds. The third-order valence-corrected chi connectivity index (χ3v) is 5.98. The summed E-state index contributed by atoms with van der Waals surface area (Å²) in [5.74, 6) is 1.49. The lowest BCUT2D eigenvalue weighted by Crippen LogP contribution is -2.41. The summed E-state index contributed by atoms with van der Waals surface area (Å²) in [6.45, 7) is 9.33.